The lowest BCUT2D eigenvalue weighted by Gasteiger charge is -2.26. The quantitative estimate of drug-likeness (QED) is 0.134. The Morgan fingerprint density at radius 3 is 0.910 bits per heavy atom. The molecule has 3 aliphatic carbocycles. The molecule has 15 aromatic carbocycles. The molecule has 3 aliphatic rings. The van der Waals surface area contributed by atoms with Gasteiger partial charge in [-0.25, -0.2) is 4.57 Å². The molecule has 3 heterocycles. The number of nitrogens with zero attached hydrogens (tertiary/aromatic N) is 3. The number of hydrogen-bond donors (Lipinski definition) is 0. The van der Waals surface area contributed by atoms with Gasteiger partial charge in [0.05, 0.1) is 22.1 Å². The zero-order chi connectivity index (χ0) is 84.0. The number of fused-ring (bicyclic) bond motifs is 27. The topological polar surface area (TPSA) is 11.6 Å². The summed E-state index contributed by atoms with van der Waals surface area (Å²) in [5.74, 6) is 1.76. The number of aryl methyl sites for hydroxylation is 6. The number of pyridine rings is 3. The van der Waals surface area contributed by atoms with Crippen molar-refractivity contribution in [2.75, 3.05) is 0 Å². The van der Waals surface area contributed by atoms with Gasteiger partial charge in [0.15, 0.2) is 6.20 Å². The summed E-state index contributed by atoms with van der Waals surface area (Å²) < 4.78 is 7.14. The van der Waals surface area contributed by atoms with Crippen molar-refractivity contribution in [3.05, 3.63) is 378 Å². The molecular formula is C119H106N3+3. The van der Waals surface area contributed by atoms with Crippen molar-refractivity contribution in [1.82, 2.24) is 0 Å². The van der Waals surface area contributed by atoms with E-state index in [0.29, 0.717) is 17.8 Å². The van der Waals surface area contributed by atoms with E-state index in [2.05, 4.69) is 446 Å². The van der Waals surface area contributed by atoms with E-state index in [1.54, 1.807) is 0 Å². The number of aromatic nitrogens is 3. The summed E-state index contributed by atoms with van der Waals surface area (Å²) in [7, 11) is 6.66. The van der Waals surface area contributed by atoms with Crippen LogP contribution < -0.4 is 13.7 Å². The van der Waals surface area contributed by atoms with Crippen molar-refractivity contribution < 1.29 is 13.7 Å². The molecule has 0 aliphatic heterocycles. The van der Waals surface area contributed by atoms with Gasteiger partial charge in [-0.3, -0.25) is 0 Å². The van der Waals surface area contributed by atoms with Crippen molar-refractivity contribution in [1.29, 1.82) is 0 Å². The zero-order valence-electron chi connectivity index (χ0n) is 73.2. The van der Waals surface area contributed by atoms with Crippen LogP contribution in [0, 0.1) is 53.4 Å². The fourth-order valence-corrected chi connectivity index (χ4v) is 20.3. The van der Waals surface area contributed by atoms with Crippen LogP contribution in [0.25, 0.3) is 200 Å². The van der Waals surface area contributed by atoms with E-state index >= 15 is 0 Å². The van der Waals surface area contributed by atoms with Crippen LogP contribution in [0.5, 0.6) is 0 Å². The molecule has 122 heavy (non-hydrogen) atoms. The lowest BCUT2D eigenvalue weighted by atomic mass is 9.76. The van der Waals surface area contributed by atoms with E-state index in [-0.39, 0.29) is 0 Å². The normalized spacial score (nSPS) is 11.9. The summed E-state index contributed by atoms with van der Waals surface area (Å²) in [5, 5.41) is 5.15. The predicted molar refractivity (Wildman–Crippen MR) is 517 cm³/mol. The van der Waals surface area contributed by atoms with Crippen molar-refractivity contribution in [2.45, 2.75) is 102 Å². The van der Waals surface area contributed by atoms with Gasteiger partial charge in [-0.2, -0.15) is 9.13 Å². The van der Waals surface area contributed by atoms with Gasteiger partial charge in [-0.05, 0) is 275 Å². The molecule has 0 bridgehead atoms. The second-order valence-corrected chi connectivity index (χ2v) is 35.6. The molecule has 0 amide bonds. The maximum atomic E-state index is 2.42. The molecule has 0 fully saturated rings. The minimum absolute atomic E-state index is 0.492. The van der Waals surface area contributed by atoms with Gasteiger partial charge in [-0.15, -0.1) is 0 Å². The summed E-state index contributed by atoms with van der Waals surface area (Å²) in [5.41, 5.74) is 53.3. The maximum absolute atomic E-state index is 2.42. The molecule has 594 valence electrons. The maximum Gasteiger partial charge on any atom is 0.221 e. The summed E-state index contributed by atoms with van der Waals surface area (Å²) in [4.78, 5) is 0. The highest BCUT2D eigenvalue weighted by Gasteiger charge is 2.35. The molecule has 3 aromatic heterocycles. The Labute approximate surface area is 721 Å². The van der Waals surface area contributed by atoms with Crippen LogP contribution in [0.2, 0.25) is 0 Å². The van der Waals surface area contributed by atoms with Crippen LogP contribution in [-0.4, -0.2) is 0 Å². The second kappa shape index (κ2) is 31.9. The van der Waals surface area contributed by atoms with E-state index in [0.717, 1.165) is 12.8 Å². The minimum atomic E-state index is 0.492. The van der Waals surface area contributed by atoms with Gasteiger partial charge < -0.3 is 0 Å². The van der Waals surface area contributed by atoms with E-state index < -0.39 is 0 Å². The van der Waals surface area contributed by atoms with Crippen LogP contribution in [0.3, 0.4) is 0 Å². The van der Waals surface area contributed by atoms with Gasteiger partial charge in [0.2, 0.25) is 28.1 Å². The lowest BCUT2D eigenvalue weighted by Crippen LogP contribution is -2.32. The van der Waals surface area contributed by atoms with Crippen molar-refractivity contribution in [3.63, 3.8) is 0 Å². The summed E-state index contributed by atoms with van der Waals surface area (Å²) in [6.45, 7) is 27.4. The van der Waals surface area contributed by atoms with Crippen molar-refractivity contribution in [2.24, 2.45) is 33.0 Å². The van der Waals surface area contributed by atoms with E-state index in [1.807, 2.05) is 0 Å². The first-order chi connectivity index (χ1) is 59.3. The molecule has 3 heteroatoms. The summed E-state index contributed by atoms with van der Waals surface area (Å²) >= 11 is 0. The molecular weight excluding hydrogens is 1470 g/mol. The Morgan fingerprint density at radius 1 is 0.238 bits per heavy atom. The first-order valence-corrected chi connectivity index (χ1v) is 43.8. The molecule has 21 rings (SSSR count). The SMILES string of the molecule is Cc1cc2c(c(-c3c4ccc(C(C)C)cc4cc[n+]3C)c1C)-c1ccccc1-c1ccccc1-c1ccccc1-2.Cc1cc2c(c(-c3ccc4cc(CC(C)C)ccc4[n+]3C)c1C)-c1ccccc1-c1ccccc1-c1ccccc1-2.Cc1cc2c(c(-c3ccc4ccc(CC(C)C)cc4[n+]3C)c1C)-c1ccccc1-c1ccccc1-c1ccccc1-2. The first kappa shape index (κ1) is 78.4. The highest BCUT2D eigenvalue weighted by atomic mass is 14.9. The molecule has 0 unspecified atom stereocenters. The monoisotopic (exact) mass is 1580 g/mol. The van der Waals surface area contributed by atoms with Crippen LogP contribution >= 0.6 is 0 Å². The third kappa shape index (κ3) is 13.6. The molecule has 0 spiro atoms. The van der Waals surface area contributed by atoms with E-state index in [4.69, 9.17) is 0 Å². The fraction of sp³-hybridized carbons (Fsp3) is 0.168. The fourth-order valence-electron chi connectivity index (χ4n) is 20.3. The molecule has 3 nitrogen and oxygen atoms in total. The third-order valence-corrected chi connectivity index (χ3v) is 26.6. The number of hydrogen-bond acceptors (Lipinski definition) is 0. The summed E-state index contributed by atoms with van der Waals surface area (Å²) in [6, 6.07) is 120. The Hall–Kier alpha value is -13.5. The average Bonchev–Trinajstić information content (AvgIpc) is 0.730. The molecule has 0 N–H and O–H groups in total. The predicted octanol–water partition coefficient (Wildman–Crippen LogP) is 30.3. The summed E-state index contributed by atoms with van der Waals surface area (Å²) in [6.07, 6.45) is 4.42. The lowest BCUT2D eigenvalue weighted by molar-refractivity contribution is -0.659. The Bertz CT molecular complexity index is 7280. The van der Waals surface area contributed by atoms with Crippen LogP contribution in [-0.2, 0) is 34.0 Å². The molecule has 0 saturated carbocycles. The van der Waals surface area contributed by atoms with Crippen LogP contribution in [0.4, 0.5) is 0 Å². The minimum Gasteiger partial charge on any atom is -0.200 e. The Kier molecular flexibility index (Phi) is 20.5. The van der Waals surface area contributed by atoms with Gasteiger partial charge >= 0.3 is 0 Å². The van der Waals surface area contributed by atoms with Crippen molar-refractivity contribution in [3.8, 4) is 167 Å². The molecule has 0 atom stereocenters. The molecule has 18 aromatic rings. The van der Waals surface area contributed by atoms with E-state index in [1.165, 1.54) is 250 Å². The average molecular weight is 1580 g/mol. The van der Waals surface area contributed by atoms with Crippen molar-refractivity contribution >= 4 is 32.6 Å². The Morgan fingerprint density at radius 2 is 0.541 bits per heavy atom. The Balaban J connectivity index is 0.000000121. The third-order valence-electron chi connectivity index (χ3n) is 26.6. The van der Waals surface area contributed by atoms with Crippen LogP contribution in [0.15, 0.2) is 328 Å². The second-order valence-electron chi connectivity index (χ2n) is 35.6. The number of benzene rings is 15. The standard InChI is InChI=1S/2C40H36N.C39H34N/c1-25(2)22-28-18-20-37-29(24-28)19-21-38(41(37)5)39-27(4)26(3)23-36-34-16-9-8-14-32(34)30-12-6-7-13-31(30)33-15-10-11-17-35(33)40(36)39;1-25(2)22-28-18-19-29-20-21-37(41(5)38(29)24-28)39-27(4)26(3)23-36-34-16-9-8-14-32(34)30-12-6-7-13-31(30)33-15-10-11-17-35(33)40(36)39;1-24(2)27-18-19-29-28(23-27)20-21-40(5)39(29)37-26(4)25(3)22-36-34-16-9-8-14-32(34)30-12-6-7-13-31(30)33-15-10-11-17-35(33)38(36)37/h2*6-21,23-25H,22H2,1-5H3;6-24H,1-5H3/q3*+1. The highest BCUT2D eigenvalue weighted by Crippen LogP contribution is 2.56. The zero-order valence-corrected chi connectivity index (χ0v) is 73.2. The van der Waals surface area contributed by atoms with Gasteiger partial charge in [0, 0.05) is 57.8 Å². The van der Waals surface area contributed by atoms with Crippen LogP contribution in [0.1, 0.15) is 97.5 Å². The largest absolute Gasteiger partial charge is 0.221 e. The van der Waals surface area contributed by atoms with Gasteiger partial charge in [0.25, 0.3) is 0 Å². The van der Waals surface area contributed by atoms with E-state index in [9.17, 15) is 0 Å². The van der Waals surface area contributed by atoms with Gasteiger partial charge in [0.1, 0.15) is 21.1 Å². The number of rotatable bonds is 8. The first-order valence-electron chi connectivity index (χ1n) is 43.8. The smallest absolute Gasteiger partial charge is 0.200 e. The van der Waals surface area contributed by atoms with Gasteiger partial charge in [-0.1, -0.05) is 302 Å². The molecule has 0 saturated heterocycles. The molecule has 0 radical (unpaired) electrons. The highest BCUT2D eigenvalue weighted by molar-refractivity contribution is 6.12.